The van der Waals surface area contributed by atoms with Gasteiger partial charge in [0.2, 0.25) is 21.8 Å². The minimum atomic E-state index is -4.00. The number of amides is 3. The third-order valence-corrected chi connectivity index (χ3v) is 10.6. The molecule has 1 aliphatic rings. The number of rotatable bonds is 14. The van der Waals surface area contributed by atoms with E-state index in [0.29, 0.717) is 5.56 Å². The number of carbonyl (C=O) groups excluding carboxylic acids is 3. The quantitative estimate of drug-likeness (QED) is 0.219. The van der Waals surface area contributed by atoms with Crippen LogP contribution in [0.4, 0.5) is 0 Å². The molecule has 0 bridgehead atoms. The van der Waals surface area contributed by atoms with Crippen molar-refractivity contribution in [3.63, 3.8) is 0 Å². The summed E-state index contributed by atoms with van der Waals surface area (Å²) in [7, 11) is -0.638. The summed E-state index contributed by atoms with van der Waals surface area (Å²) in [4.78, 5) is 42.6. The number of nitrogens with zero attached hydrogens (tertiary/aromatic N) is 1. The van der Waals surface area contributed by atoms with Gasteiger partial charge in [-0.1, -0.05) is 109 Å². The van der Waals surface area contributed by atoms with Gasteiger partial charge in [0.1, 0.15) is 6.04 Å². The molecular formula is C37H55N5O5S. The first kappa shape index (κ1) is 38.9. The number of likely N-dealkylation sites (N-methyl/N-ethyl adjacent to an activating group) is 2. The number of nitrogens with one attached hydrogen (secondary N) is 3. The second kappa shape index (κ2) is 14.9. The van der Waals surface area contributed by atoms with Crippen molar-refractivity contribution in [3.05, 3.63) is 82.9 Å². The van der Waals surface area contributed by atoms with Gasteiger partial charge in [-0.05, 0) is 54.8 Å². The molecule has 3 atom stereocenters. The lowest BCUT2D eigenvalue weighted by atomic mass is 9.76. The maximum Gasteiger partial charge on any atom is 0.260 e. The summed E-state index contributed by atoms with van der Waals surface area (Å²) < 4.78 is 28.0. The van der Waals surface area contributed by atoms with Crippen LogP contribution in [0.2, 0.25) is 0 Å². The van der Waals surface area contributed by atoms with Crippen molar-refractivity contribution in [2.75, 3.05) is 14.1 Å². The highest BCUT2D eigenvalue weighted by atomic mass is 32.2. The van der Waals surface area contributed by atoms with E-state index in [2.05, 4.69) is 15.4 Å². The first-order chi connectivity index (χ1) is 22.1. The Labute approximate surface area is 287 Å². The number of hydrogen-bond acceptors (Lipinski definition) is 7. The van der Waals surface area contributed by atoms with Gasteiger partial charge in [0.25, 0.3) is 5.91 Å². The normalized spacial score (nSPS) is 16.9. The van der Waals surface area contributed by atoms with Crippen LogP contribution in [0, 0.1) is 11.3 Å². The van der Waals surface area contributed by atoms with Crippen molar-refractivity contribution in [3.8, 4) is 0 Å². The Morgan fingerprint density at radius 3 is 2.00 bits per heavy atom. The first-order valence-electron chi connectivity index (χ1n) is 16.5. The number of hydrogen-bond donors (Lipinski definition) is 4. The van der Waals surface area contributed by atoms with Crippen molar-refractivity contribution in [2.45, 2.75) is 103 Å². The molecule has 2 aromatic carbocycles. The molecule has 264 valence electrons. The summed E-state index contributed by atoms with van der Waals surface area (Å²) in [6, 6.07) is 14.8. The highest BCUT2D eigenvalue weighted by Crippen LogP contribution is 2.42. The lowest BCUT2D eigenvalue weighted by Gasteiger charge is -2.40. The van der Waals surface area contributed by atoms with Crippen molar-refractivity contribution in [1.29, 1.82) is 0 Å². The minimum absolute atomic E-state index is 0.132. The van der Waals surface area contributed by atoms with Crippen LogP contribution in [-0.4, -0.2) is 63.3 Å². The number of nitrogens with two attached hydrogens (primary N) is 1. The maximum atomic E-state index is 14.1. The molecule has 3 rings (SSSR count). The summed E-state index contributed by atoms with van der Waals surface area (Å²) in [6.45, 7) is 15.0. The number of benzene rings is 2. The Kier molecular flexibility index (Phi) is 12.1. The van der Waals surface area contributed by atoms with Gasteiger partial charge in [0.15, 0.2) is 0 Å². The van der Waals surface area contributed by atoms with Crippen molar-refractivity contribution < 1.29 is 22.8 Å². The molecule has 11 heteroatoms. The van der Waals surface area contributed by atoms with E-state index in [4.69, 9.17) is 5.73 Å². The van der Waals surface area contributed by atoms with Gasteiger partial charge in [0, 0.05) is 23.6 Å². The smallest absolute Gasteiger partial charge is 0.260 e. The van der Waals surface area contributed by atoms with E-state index < -0.39 is 44.9 Å². The Morgan fingerprint density at radius 2 is 1.52 bits per heavy atom. The van der Waals surface area contributed by atoms with Crippen LogP contribution < -0.4 is 21.1 Å². The fraction of sp³-hybridized carbons (Fsp3) is 0.541. The van der Waals surface area contributed by atoms with Crippen LogP contribution >= 0.6 is 0 Å². The van der Waals surface area contributed by atoms with Crippen molar-refractivity contribution in [2.24, 2.45) is 17.1 Å². The molecule has 1 saturated carbocycles. The summed E-state index contributed by atoms with van der Waals surface area (Å²) in [5.74, 6) is -1.90. The third kappa shape index (κ3) is 9.54. The lowest BCUT2D eigenvalue weighted by Crippen LogP contribution is -2.61. The molecule has 5 N–H and O–H groups in total. The second-order valence-electron chi connectivity index (χ2n) is 15.2. The van der Waals surface area contributed by atoms with Crippen LogP contribution in [0.3, 0.4) is 0 Å². The molecule has 10 nitrogen and oxygen atoms in total. The van der Waals surface area contributed by atoms with E-state index in [9.17, 15) is 22.8 Å². The Hall–Kier alpha value is -3.54. The topological polar surface area (TPSA) is 151 Å². The standard InChI is InChI=1S/C37H55N5O5S/c1-24(2)29(22-25(3)32(43)41-48(46,47)23-26-16-18-28(19-17-26)37(38)20-21-37)42(10)34(45)31(35(4,5)6)40-33(44)30(39-9)36(7,8)27-14-12-11-13-15-27/h11-19,22,24,29-31,39H,20-21,23,38H2,1-10H3,(H,40,44)(H,41,43)/t29-,30-,31-/m1/s1. The molecule has 0 saturated heterocycles. The second-order valence-corrected chi connectivity index (χ2v) is 16.9. The van der Waals surface area contributed by atoms with Gasteiger partial charge in [-0.2, -0.15) is 0 Å². The SMILES string of the molecule is CN[C@H](C(=O)N[C@H](C(=O)N(C)[C@H](C=C(C)C(=O)NS(=O)(=O)Cc1ccc(C2(N)CC2)cc1)C(C)C)C(C)(C)C)C(C)(C)c1ccccc1. The van der Waals surface area contributed by atoms with Gasteiger partial charge >= 0.3 is 0 Å². The van der Waals surface area contributed by atoms with Gasteiger partial charge in [-0.25, -0.2) is 13.1 Å². The van der Waals surface area contributed by atoms with Crippen LogP contribution in [-0.2, 0) is 41.1 Å². The molecule has 0 heterocycles. The average molecular weight is 682 g/mol. The van der Waals surface area contributed by atoms with E-state index in [1.165, 1.54) is 11.8 Å². The fourth-order valence-corrected chi connectivity index (χ4v) is 7.14. The van der Waals surface area contributed by atoms with Gasteiger partial charge in [0.05, 0.1) is 17.8 Å². The number of carbonyl (C=O) groups is 3. The van der Waals surface area contributed by atoms with E-state index in [-0.39, 0.29) is 34.6 Å². The molecule has 48 heavy (non-hydrogen) atoms. The summed E-state index contributed by atoms with van der Waals surface area (Å²) >= 11 is 0. The lowest BCUT2D eigenvalue weighted by molar-refractivity contribution is -0.140. The highest BCUT2D eigenvalue weighted by molar-refractivity contribution is 7.89. The van der Waals surface area contributed by atoms with E-state index in [1.54, 1.807) is 32.3 Å². The maximum absolute atomic E-state index is 14.1. The zero-order valence-corrected chi connectivity index (χ0v) is 31.0. The Morgan fingerprint density at radius 1 is 0.958 bits per heavy atom. The summed E-state index contributed by atoms with van der Waals surface area (Å²) in [5, 5.41) is 6.17. The van der Waals surface area contributed by atoms with Crippen LogP contribution in [0.1, 0.15) is 84.9 Å². The zero-order valence-electron chi connectivity index (χ0n) is 30.2. The molecule has 0 aliphatic heterocycles. The molecule has 1 aliphatic carbocycles. The molecular weight excluding hydrogens is 627 g/mol. The average Bonchev–Trinajstić information content (AvgIpc) is 3.75. The van der Waals surface area contributed by atoms with E-state index in [0.717, 1.165) is 24.0 Å². The van der Waals surface area contributed by atoms with Crippen molar-refractivity contribution >= 4 is 27.7 Å². The summed E-state index contributed by atoms with van der Waals surface area (Å²) in [5.41, 5.74) is 7.32. The highest BCUT2D eigenvalue weighted by Gasteiger charge is 2.42. The summed E-state index contributed by atoms with van der Waals surface area (Å²) in [6.07, 6.45) is 3.41. The first-order valence-corrected chi connectivity index (χ1v) is 18.2. The Bertz CT molecular complexity index is 1590. The molecule has 0 unspecified atom stereocenters. The fourth-order valence-electron chi connectivity index (χ4n) is 6.00. The number of sulfonamides is 1. The molecule has 3 amide bonds. The van der Waals surface area contributed by atoms with Crippen LogP contribution in [0.25, 0.3) is 0 Å². The van der Waals surface area contributed by atoms with Gasteiger partial charge < -0.3 is 21.3 Å². The monoisotopic (exact) mass is 681 g/mol. The van der Waals surface area contributed by atoms with E-state index in [1.807, 2.05) is 90.9 Å². The molecule has 0 radical (unpaired) electrons. The zero-order chi connectivity index (χ0) is 36.2. The molecule has 1 fully saturated rings. The van der Waals surface area contributed by atoms with Crippen LogP contribution in [0.5, 0.6) is 0 Å². The van der Waals surface area contributed by atoms with Crippen LogP contribution in [0.15, 0.2) is 66.2 Å². The minimum Gasteiger partial charge on any atom is -0.342 e. The predicted molar refractivity (Wildman–Crippen MR) is 191 cm³/mol. The van der Waals surface area contributed by atoms with Gasteiger partial charge in [-0.3, -0.25) is 14.4 Å². The predicted octanol–water partition coefficient (Wildman–Crippen LogP) is 4.11. The molecule has 2 aromatic rings. The van der Waals surface area contributed by atoms with E-state index >= 15 is 0 Å². The largest absolute Gasteiger partial charge is 0.342 e. The Balaban J connectivity index is 1.76. The molecule has 0 aromatic heterocycles. The van der Waals surface area contributed by atoms with Crippen molar-refractivity contribution in [1.82, 2.24) is 20.3 Å². The third-order valence-electron chi connectivity index (χ3n) is 9.37. The van der Waals surface area contributed by atoms with Gasteiger partial charge in [-0.15, -0.1) is 0 Å². The molecule has 0 spiro atoms.